The molecule has 3 heteroatoms. The van der Waals surface area contributed by atoms with Crippen molar-refractivity contribution in [1.82, 2.24) is 0 Å². The van der Waals surface area contributed by atoms with Gasteiger partial charge in [-0.15, -0.1) is 0 Å². The minimum atomic E-state index is 0.651. The third kappa shape index (κ3) is 4.33. The van der Waals surface area contributed by atoms with E-state index in [1.807, 2.05) is 30.5 Å². The minimum Gasteiger partial charge on any atom is -0.375 e. The SMILES string of the molecule is Clc1ccc(CCOCC2=NC=CCC2)cc1. The van der Waals surface area contributed by atoms with E-state index in [-0.39, 0.29) is 0 Å². The number of hydrogen-bond donors (Lipinski definition) is 0. The number of hydrogen-bond acceptors (Lipinski definition) is 2. The van der Waals surface area contributed by atoms with E-state index in [2.05, 4.69) is 11.1 Å². The lowest BCUT2D eigenvalue weighted by Crippen LogP contribution is -2.11. The van der Waals surface area contributed by atoms with E-state index in [0.717, 1.165) is 36.6 Å². The second-order valence-electron chi connectivity index (χ2n) is 4.05. The lowest BCUT2D eigenvalue weighted by atomic mass is 10.1. The van der Waals surface area contributed by atoms with Crippen LogP contribution in [0.25, 0.3) is 0 Å². The monoisotopic (exact) mass is 249 g/mol. The number of rotatable bonds is 5. The van der Waals surface area contributed by atoms with Gasteiger partial charge in [-0.3, -0.25) is 4.99 Å². The van der Waals surface area contributed by atoms with Gasteiger partial charge in [0.2, 0.25) is 0 Å². The van der Waals surface area contributed by atoms with Crippen LogP contribution in [0.1, 0.15) is 18.4 Å². The van der Waals surface area contributed by atoms with Crippen molar-refractivity contribution in [3.8, 4) is 0 Å². The van der Waals surface area contributed by atoms with Crippen LogP contribution in [-0.4, -0.2) is 18.9 Å². The molecule has 0 spiro atoms. The van der Waals surface area contributed by atoms with Crippen LogP contribution in [0.5, 0.6) is 0 Å². The molecule has 0 N–H and O–H groups in total. The fourth-order valence-electron chi connectivity index (χ4n) is 1.69. The number of halogens is 1. The van der Waals surface area contributed by atoms with E-state index < -0.39 is 0 Å². The summed E-state index contributed by atoms with van der Waals surface area (Å²) in [4.78, 5) is 4.28. The average Bonchev–Trinajstić information content (AvgIpc) is 2.38. The summed E-state index contributed by atoms with van der Waals surface area (Å²) in [5, 5.41) is 0.776. The standard InChI is InChI=1S/C14H16ClNO/c15-13-6-4-12(5-7-13)8-10-17-11-14-3-1-2-9-16-14/h2,4-7,9H,1,3,8,10-11H2. The molecule has 0 unspecified atom stereocenters. The van der Waals surface area contributed by atoms with Crippen LogP contribution in [0, 0.1) is 0 Å². The molecule has 1 aromatic rings. The third-order valence-corrected chi connectivity index (χ3v) is 2.93. The highest BCUT2D eigenvalue weighted by atomic mass is 35.5. The Kier molecular flexibility index (Phi) is 4.77. The maximum Gasteiger partial charge on any atom is 0.0848 e. The fraction of sp³-hybridized carbons (Fsp3) is 0.357. The van der Waals surface area contributed by atoms with Gasteiger partial charge in [-0.25, -0.2) is 0 Å². The first-order valence-electron chi connectivity index (χ1n) is 5.87. The zero-order valence-electron chi connectivity index (χ0n) is 9.73. The number of ether oxygens (including phenoxy) is 1. The Morgan fingerprint density at radius 3 is 2.76 bits per heavy atom. The largest absolute Gasteiger partial charge is 0.375 e. The Morgan fingerprint density at radius 1 is 1.24 bits per heavy atom. The molecule has 0 radical (unpaired) electrons. The molecule has 2 nitrogen and oxygen atoms in total. The Morgan fingerprint density at radius 2 is 2.06 bits per heavy atom. The molecular formula is C14H16ClNO. The first-order chi connectivity index (χ1) is 8.34. The first kappa shape index (κ1) is 12.3. The molecular weight excluding hydrogens is 234 g/mol. The van der Waals surface area contributed by atoms with Crippen LogP contribution in [-0.2, 0) is 11.2 Å². The van der Waals surface area contributed by atoms with Crippen LogP contribution in [0.3, 0.4) is 0 Å². The summed E-state index contributed by atoms with van der Waals surface area (Å²) in [6.07, 6.45) is 6.97. The molecule has 0 amide bonds. The highest BCUT2D eigenvalue weighted by Gasteiger charge is 2.01. The quantitative estimate of drug-likeness (QED) is 0.730. The van der Waals surface area contributed by atoms with Crippen molar-refractivity contribution in [1.29, 1.82) is 0 Å². The topological polar surface area (TPSA) is 21.6 Å². The Balaban J connectivity index is 1.67. The van der Waals surface area contributed by atoms with Crippen LogP contribution in [0.2, 0.25) is 5.02 Å². The van der Waals surface area contributed by atoms with Gasteiger partial charge >= 0.3 is 0 Å². The summed E-state index contributed by atoms with van der Waals surface area (Å²) >= 11 is 5.82. The summed E-state index contributed by atoms with van der Waals surface area (Å²) < 4.78 is 5.61. The van der Waals surface area contributed by atoms with Gasteiger partial charge in [-0.05, 0) is 37.0 Å². The maximum atomic E-state index is 5.82. The van der Waals surface area contributed by atoms with E-state index in [1.54, 1.807) is 0 Å². The molecule has 90 valence electrons. The van der Waals surface area contributed by atoms with Crippen molar-refractivity contribution in [2.45, 2.75) is 19.3 Å². The number of allylic oxidation sites excluding steroid dienone is 1. The van der Waals surface area contributed by atoms with E-state index in [1.165, 1.54) is 5.56 Å². The molecule has 0 aromatic heterocycles. The molecule has 1 aliphatic heterocycles. The Hall–Kier alpha value is -1.12. The molecule has 17 heavy (non-hydrogen) atoms. The molecule has 1 aromatic carbocycles. The van der Waals surface area contributed by atoms with Crippen molar-refractivity contribution in [2.24, 2.45) is 4.99 Å². The second kappa shape index (κ2) is 6.58. The molecule has 0 saturated carbocycles. The first-order valence-corrected chi connectivity index (χ1v) is 6.25. The van der Waals surface area contributed by atoms with Crippen LogP contribution < -0.4 is 0 Å². The van der Waals surface area contributed by atoms with Crippen molar-refractivity contribution >= 4 is 17.3 Å². The lowest BCUT2D eigenvalue weighted by Gasteiger charge is -2.08. The predicted molar refractivity (Wildman–Crippen MR) is 71.8 cm³/mol. The van der Waals surface area contributed by atoms with Crippen LogP contribution >= 0.6 is 11.6 Å². The molecule has 0 fully saturated rings. The zero-order valence-corrected chi connectivity index (χ0v) is 10.5. The molecule has 0 bridgehead atoms. The van der Waals surface area contributed by atoms with Gasteiger partial charge in [0, 0.05) is 16.9 Å². The van der Waals surface area contributed by atoms with Gasteiger partial charge in [-0.2, -0.15) is 0 Å². The van der Waals surface area contributed by atoms with Crippen LogP contribution in [0.4, 0.5) is 0 Å². The van der Waals surface area contributed by atoms with Crippen molar-refractivity contribution in [3.05, 3.63) is 47.1 Å². The molecule has 0 aliphatic carbocycles. The number of benzene rings is 1. The van der Waals surface area contributed by atoms with Crippen molar-refractivity contribution in [3.63, 3.8) is 0 Å². The van der Waals surface area contributed by atoms with Gasteiger partial charge in [0.25, 0.3) is 0 Å². The van der Waals surface area contributed by atoms with E-state index in [4.69, 9.17) is 16.3 Å². The molecule has 0 saturated heterocycles. The normalized spacial score (nSPS) is 14.8. The fourth-order valence-corrected chi connectivity index (χ4v) is 1.81. The molecule has 0 atom stereocenters. The van der Waals surface area contributed by atoms with Gasteiger partial charge in [0.1, 0.15) is 0 Å². The molecule has 2 rings (SSSR count). The molecule has 1 heterocycles. The smallest absolute Gasteiger partial charge is 0.0848 e. The van der Waals surface area contributed by atoms with E-state index in [9.17, 15) is 0 Å². The van der Waals surface area contributed by atoms with Crippen LogP contribution in [0.15, 0.2) is 41.5 Å². The Labute approximate surface area is 107 Å². The number of aliphatic imine (C=N–C) groups is 1. The van der Waals surface area contributed by atoms with Crippen molar-refractivity contribution in [2.75, 3.05) is 13.2 Å². The zero-order chi connectivity index (χ0) is 11.9. The van der Waals surface area contributed by atoms with Gasteiger partial charge in [0.15, 0.2) is 0 Å². The third-order valence-electron chi connectivity index (χ3n) is 2.68. The average molecular weight is 250 g/mol. The maximum absolute atomic E-state index is 5.82. The lowest BCUT2D eigenvalue weighted by molar-refractivity contribution is 0.174. The second-order valence-corrected chi connectivity index (χ2v) is 4.48. The summed E-state index contributed by atoms with van der Waals surface area (Å²) in [7, 11) is 0. The van der Waals surface area contributed by atoms with E-state index in [0.29, 0.717) is 6.61 Å². The summed E-state index contributed by atoms with van der Waals surface area (Å²) in [5.74, 6) is 0. The minimum absolute atomic E-state index is 0.651. The predicted octanol–water partition coefficient (Wildman–Crippen LogP) is 3.65. The summed E-state index contributed by atoms with van der Waals surface area (Å²) in [6, 6.07) is 7.89. The highest BCUT2D eigenvalue weighted by molar-refractivity contribution is 6.30. The van der Waals surface area contributed by atoms with Gasteiger partial charge in [-0.1, -0.05) is 29.8 Å². The molecule has 1 aliphatic rings. The van der Waals surface area contributed by atoms with Gasteiger partial charge in [0.05, 0.1) is 13.2 Å². The number of nitrogens with zero attached hydrogens (tertiary/aromatic N) is 1. The summed E-state index contributed by atoms with van der Waals surface area (Å²) in [5.41, 5.74) is 2.39. The van der Waals surface area contributed by atoms with Gasteiger partial charge < -0.3 is 4.74 Å². The highest BCUT2D eigenvalue weighted by Crippen LogP contribution is 2.10. The Bertz CT molecular complexity index is 409. The van der Waals surface area contributed by atoms with E-state index >= 15 is 0 Å². The summed E-state index contributed by atoms with van der Waals surface area (Å²) in [6.45, 7) is 1.38. The van der Waals surface area contributed by atoms with Crippen molar-refractivity contribution < 1.29 is 4.74 Å².